The van der Waals surface area contributed by atoms with Crippen LogP contribution in [0.25, 0.3) is 11.4 Å². The average Bonchev–Trinajstić information content (AvgIpc) is 3.17. The molecule has 3 aromatic rings. The molecule has 0 aliphatic carbocycles. The summed E-state index contributed by atoms with van der Waals surface area (Å²) in [6, 6.07) is 14.4. The van der Waals surface area contributed by atoms with Gasteiger partial charge in [0, 0.05) is 29.6 Å². The highest BCUT2D eigenvalue weighted by Gasteiger charge is 2.23. The summed E-state index contributed by atoms with van der Waals surface area (Å²) in [6.07, 6.45) is 1.28. The molecule has 1 atom stereocenters. The fourth-order valence-electron chi connectivity index (χ4n) is 2.85. The van der Waals surface area contributed by atoms with Gasteiger partial charge in [0.05, 0.1) is 10.6 Å². The zero-order valence-electron chi connectivity index (χ0n) is 15.7. The van der Waals surface area contributed by atoms with Crippen LogP contribution in [-0.4, -0.2) is 33.5 Å². The maximum atomic E-state index is 13.0. The van der Waals surface area contributed by atoms with E-state index in [1.807, 2.05) is 38.1 Å². The lowest BCUT2D eigenvalue weighted by atomic mass is 10.1. The molecule has 146 valence electrons. The summed E-state index contributed by atoms with van der Waals surface area (Å²) < 4.78 is 5.36. The van der Waals surface area contributed by atoms with Crippen LogP contribution in [0.2, 0.25) is 10.0 Å². The molecule has 2 aromatic carbocycles. The molecular formula is C21H21Cl2N3O2. The number of hydrogen-bond acceptors (Lipinski definition) is 4. The maximum absolute atomic E-state index is 13.0. The minimum atomic E-state index is -0.102. The lowest BCUT2D eigenvalue weighted by Gasteiger charge is -2.28. The molecule has 7 heteroatoms. The van der Waals surface area contributed by atoms with Crippen LogP contribution in [-0.2, 0) is 6.42 Å². The molecule has 0 fully saturated rings. The maximum Gasteiger partial charge on any atom is 0.255 e. The molecule has 1 heterocycles. The molecule has 0 radical (unpaired) electrons. The number of nitrogens with zero attached hydrogens (tertiary/aromatic N) is 3. The van der Waals surface area contributed by atoms with Crippen LogP contribution in [0.4, 0.5) is 0 Å². The Morgan fingerprint density at radius 1 is 1.18 bits per heavy atom. The second-order valence-electron chi connectivity index (χ2n) is 6.51. The van der Waals surface area contributed by atoms with Crippen molar-refractivity contribution >= 4 is 29.1 Å². The summed E-state index contributed by atoms with van der Waals surface area (Å²) in [5.74, 6) is 0.842. The molecule has 0 aliphatic rings. The molecule has 5 nitrogen and oxygen atoms in total. The van der Waals surface area contributed by atoms with Crippen molar-refractivity contribution in [1.29, 1.82) is 0 Å². The van der Waals surface area contributed by atoms with E-state index in [4.69, 9.17) is 27.7 Å². The Morgan fingerprint density at radius 2 is 1.96 bits per heavy atom. The number of halogens is 2. The van der Waals surface area contributed by atoms with Crippen LogP contribution in [0.3, 0.4) is 0 Å². The van der Waals surface area contributed by atoms with Crippen molar-refractivity contribution in [2.45, 2.75) is 32.7 Å². The molecule has 0 saturated heterocycles. The van der Waals surface area contributed by atoms with Gasteiger partial charge in [-0.15, -0.1) is 0 Å². The second kappa shape index (κ2) is 9.22. The van der Waals surface area contributed by atoms with E-state index >= 15 is 0 Å². The first kappa shape index (κ1) is 20.4. The smallest absolute Gasteiger partial charge is 0.255 e. The molecule has 0 saturated carbocycles. The van der Waals surface area contributed by atoms with Crippen molar-refractivity contribution in [3.63, 3.8) is 0 Å². The van der Waals surface area contributed by atoms with E-state index in [-0.39, 0.29) is 11.9 Å². The third-order valence-corrected chi connectivity index (χ3v) is 5.17. The Balaban J connectivity index is 1.74. The minimum absolute atomic E-state index is 0.0547. The van der Waals surface area contributed by atoms with E-state index in [0.717, 1.165) is 12.0 Å². The Morgan fingerprint density at radius 3 is 2.68 bits per heavy atom. The molecule has 3 rings (SSSR count). The summed E-state index contributed by atoms with van der Waals surface area (Å²) in [5, 5.41) is 5.07. The molecule has 0 bridgehead atoms. The molecule has 28 heavy (non-hydrogen) atoms. The average molecular weight is 418 g/mol. The van der Waals surface area contributed by atoms with Gasteiger partial charge < -0.3 is 9.42 Å². The Labute approximate surface area is 174 Å². The van der Waals surface area contributed by atoms with Crippen LogP contribution in [0.1, 0.15) is 36.5 Å². The topological polar surface area (TPSA) is 59.2 Å². The van der Waals surface area contributed by atoms with Crippen molar-refractivity contribution in [3.05, 3.63) is 70.0 Å². The summed E-state index contributed by atoms with van der Waals surface area (Å²) in [5.41, 5.74) is 1.28. The number of aromatic nitrogens is 2. The van der Waals surface area contributed by atoms with E-state index in [9.17, 15) is 4.79 Å². The van der Waals surface area contributed by atoms with Crippen molar-refractivity contribution in [1.82, 2.24) is 15.0 Å². The fraction of sp³-hybridized carbons (Fsp3) is 0.286. The molecule has 1 unspecified atom stereocenters. The lowest BCUT2D eigenvalue weighted by molar-refractivity contribution is 0.0686. The van der Waals surface area contributed by atoms with Crippen LogP contribution >= 0.6 is 23.2 Å². The van der Waals surface area contributed by atoms with Gasteiger partial charge in [0.15, 0.2) is 0 Å². The summed E-state index contributed by atoms with van der Waals surface area (Å²) in [4.78, 5) is 19.2. The van der Waals surface area contributed by atoms with E-state index in [1.54, 1.807) is 29.2 Å². The molecule has 0 N–H and O–H groups in total. The number of benzene rings is 2. The Hall–Kier alpha value is -2.37. The molecular weight excluding hydrogens is 397 g/mol. The summed E-state index contributed by atoms with van der Waals surface area (Å²) in [7, 11) is 0. The zero-order valence-corrected chi connectivity index (χ0v) is 17.2. The normalized spacial score (nSPS) is 12.0. The van der Waals surface area contributed by atoms with Gasteiger partial charge in [-0.25, -0.2) is 0 Å². The van der Waals surface area contributed by atoms with Crippen molar-refractivity contribution in [3.8, 4) is 11.4 Å². The SMILES string of the molecule is CCC(C)N(CCc1nc(-c2cccc(Cl)c2)no1)C(=O)c1ccccc1Cl. The van der Waals surface area contributed by atoms with Crippen molar-refractivity contribution < 1.29 is 9.32 Å². The highest BCUT2D eigenvalue weighted by molar-refractivity contribution is 6.33. The van der Waals surface area contributed by atoms with Crippen LogP contribution in [0.5, 0.6) is 0 Å². The zero-order chi connectivity index (χ0) is 20.1. The van der Waals surface area contributed by atoms with Crippen LogP contribution in [0.15, 0.2) is 53.1 Å². The quantitative estimate of drug-likeness (QED) is 0.507. The van der Waals surface area contributed by atoms with Gasteiger partial charge in [0.25, 0.3) is 5.91 Å². The second-order valence-corrected chi connectivity index (χ2v) is 7.35. The number of carbonyl (C=O) groups is 1. The third-order valence-electron chi connectivity index (χ3n) is 4.61. The van der Waals surface area contributed by atoms with Gasteiger partial charge in [-0.05, 0) is 37.6 Å². The van der Waals surface area contributed by atoms with Gasteiger partial charge in [-0.3, -0.25) is 4.79 Å². The van der Waals surface area contributed by atoms with Crippen LogP contribution in [0, 0.1) is 0 Å². The highest BCUT2D eigenvalue weighted by atomic mass is 35.5. The fourth-order valence-corrected chi connectivity index (χ4v) is 3.26. The van der Waals surface area contributed by atoms with Gasteiger partial charge in [0.1, 0.15) is 0 Å². The Bertz CT molecular complexity index is 958. The molecule has 0 spiro atoms. The van der Waals surface area contributed by atoms with Gasteiger partial charge in [-0.1, -0.05) is 59.5 Å². The predicted molar refractivity (Wildman–Crippen MR) is 111 cm³/mol. The first-order valence-corrected chi connectivity index (χ1v) is 9.89. The molecule has 1 aromatic heterocycles. The minimum Gasteiger partial charge on any atom is -0.339 e. The van der Waals surface area contributed by atoms with E-state index < -0.39 is 0 Å². The first-order chi connectivity index (χ1) is 13.5. The Kier molecular flexibility index (Phi) is 6.70. The number of hydrogen-bond donors (Lipinski definition) is 0. The highest BCUT2D eigenvalue weighted by Crippen LogP contribution is 2.22. The monoisotopic (exact) mass is 417 g/mol. The van der Waals surface area contributed by atoms with Crippen LogP contribution < -0.4 is 0 Å². The van der Waals surface area contributed by atoms with E-state index in [0.29, 0.717) is 40.3 Å². The predicted octanol–water partition coefficient (Wildman–Crippen LogP) is 5.53. The largest absolute Gasteiger partial charge is 0.339 e. The summed E-state index contributed by atoms with van der Waals surface area (Å²) >= 11 is 12.2. The van der Waals surface area contributed by atoms with E-state index in [1.165, 1.54) is 0 Å². The number of carbonyl (C=O) groups excluding carboxylic acids is 1. The van der Waals surface area contributed by atoms with Crippen molar-refractivity contribution in [2.24, 2.45) is 0 Å². The number of rotatable bonds is 7. The first-order valence-electron chi connectivity index (χ1n) is 9.13. The lowest BCUT2D eigenvalue weighted by Crippen LogP contribution is -2.40. The van der Waals surface area contributed by atoms with E-state index in [2.05, 4.69) is 10.1 Å². The third kappa shape index (κ3) is 4.72. The van der Waals surface area contributed by atoms with Gasteiger partial charge >= 0.3 is 0 Å². The number of amides is 1. The van der Waals surface area contributed by atoms with Crippen molar-refractivity contribution in [2.75, 3.05) is 6.54 Å². The molecule has 0 aliphatic heterocycles. The van der Waals surface area contributed by atoms with Gasteiger partial charge in [0.2, 0.25) is 11.7 Å². The molecule has 1 amide bonds. The summed E-state index contributed by atoms with van der Waals surface area (Å²) in [6.45, 7) is 4.51. The standard InChI is InChI=1S/C21H21Cl2N3O2/c1-3-14(2)26(21(27)17-9-4-5-10-18(17)23)12-11-19-24-20(25-28-19)15-7-6-8-16(22)13-15/h4-10,13-14H,3,11-12H2,1-2H3. The van der Waals surface area contributed by atoms with Gasteiger partial charge in [-0.2, -0.15) is 4.98 Å².